The van der Waals surface area contributed by atoms with Gasteiger partial charge in [-0.1, -0.05) is 6.07 Å². The predicted octanol–water partition coefficient (Wildman–Crippen LogP) is 1.22. The lowest BCUT2D eigenvalue weighted by molar-refractivity contribution is -0.141. The maximum atomic E-state index is 14.0. The van der Waals surface area contributed by atoms with Crippen LogP contribution in [0.2, 0.25) is 0 Å². The number of benzene rings is 1. The third-order valence-corrected chi connectivity index (χ3v) is 4.53. The lowest BCUT2D eigenvalue weighted by Crippen LogP contribution is -2.50. The van der Waals surface area contributed by atoms with Gasteiger partial charge in [-0.3, -0.25) is 9.69 Å². The van der Waals surface area contributed by atoms with Crippen molar-refractivity contribution in [1.82, 2.24) is 19.4 Å². The molecule has 24 heavy (non-hydrogen) atoms. The first-order chi connectivity index (χ1) is 11.5. The number of hydrogen-bond donors (Lipinski definition) is 1. The van der Waals surface area contributed by atoms with E-state index in [1.54, 1.807) is 11.0 Å². The molecule has 130 valence electrons. The molecule has 0 spiro atoms. The highest BCUT2D eigenvalue weighted by Crippen LogP contribution is 2.20. The summed E-state index contributed by atoms with van der Waals surface area (Å²) in [5.41, 5.74) is 1.23. The SMILES string of the molecule is CCn1c(CN2CCN(C(=O)C(C)O)CC2)nc2c(F)cccc21. The lowest BCUT2D eigenvalue weighted by atomic mass is 10.2. The molecular formula is C17H23FN4O2. The Labute approximate surface area is 140 Å². The molecule has 1 aromatic carbocycles. The number of nitrogens with zero attached hydrogens (tertiary/aromatic N) is 4. The Morgan fingerprint density at radius 2 is 2.04 bits per heavy atom. The summed E-state index contributed by atoms with van der Waals surface area (Å²) in [6.07, 6.45) is -0.955. The second kappa shape index (κ2) is 6.86. The van der Waals surface area contributed by atoms with Gasteiger partial charge < -0.3 is 14.6 Å². The minimum absolute atomic E-state index is 0.225. The first-order valence-electron chi connectivity index (χ1n) is 8.34. The molecule has 0 saturated carbocycles. The number of carbonyl (C=O) groups excluding carboxylic acids is 1. The number of aromatic nitrogens is 2. The van der Waals surface area contributed by atoms with Crippen LogP contribution in [0.25, 0.3) is 11.0 Å². The van der Waals surface area contributed by atoms with Crippen molar-refractivity contribution in [2.24, 2.45) is 0 Å². The number of para-hydroxylation sites is 1. The Balaban J connectivity index is 1.72. The van der Waals surface area contributed by atoms with Gasteiger partial charge in [0.15, 0.2) is 5.82 Å². The number of amides is 1. The van der Waals surface area contributed by atoms with Crippen molar-refractivity contribution >= 4 is 16.9 Å². The van der Waals surface area contributed by atoms with Crippen molar-refractivity contribution < 1.29 is 14.3 Å². The molecule has 1 N–H and O–H groups in total. The van der Waals surface area contributed by atoms with Crippen LogP contribution in [0.15, 0.2) is 18.2 Å². The van der Waals surface area contributed by atoms with E-state index in [9.17, 15) is 14.3 Å². The van der Waals surface area contributed by atoms with Gasteiger partial charge >= 0.3 is 0 Å². The second-order valence-corrected chi connectivity index (χ2v) is 6.16. The molecular weight excluding hydrogens is 311 g/mol. The van der Waals surface area contributed by atoms with Crippen molar-refractivity contribution in [2.45, 2.75) is 33.0 Å². The van der Waals surface area contributed by atoms with E-state index in [4.69, 9.17) is 0 Å². The number of carbonyl (C=O) groups is 1. The summed E-state index contributed by atoms with van der Waals surface area (Å²) in [4.78, 5) is 20.2. The van der Waals surface area contributed by atoms with Gasteiger partial charge in [-0.2, -0.15) is 0 Å². The molecule has 0 aliphatic carbocycles. The van der Waals surface area contributed by atoms with Crippen molar-refractivity contribution in [3.8, 4) is 0 Å². The maximum Gasteiger partial charge on any atom is 0.251 e. The zero-order valence-electron chi connectivity index (χ0n) is 14.1. The van der Waals surface area contributed by atoms with Crippen LogP contribution < -0.4 is 0 Å². The van der Waals surface area contributed by atoms with E-state index < -0.39 is 6.10 Å². The van der Waals surface area contributed by atoms with E-state index >= 15 is 0 Å². The minimum atomic E-state index is -0.955. The quantitative estimate of drug-likeness (QED) is 0.913. The lowest BCUT2D eigenvalue weighted by Gasteiger charge is -2.35. The summed E-state index contributed by atoms with van der Waals surface area (Å²) in [6.45, 7) is 7.48. The fraction of sp³-hybridized carbons (Fsp3) is 0.529. The van der Waals surface area contributed by atoms with Gasteiger partial charge in [0.05, 0.1) is 12.1 Å². The summed E-state index contributed by atoms with van der Waals surface area (Å²) < 4.78 is 16.0. The molecule has 1 fully saturated rings. The van der Waals surface area contributed by atoms with Crippen molar-refractivity contribution in [3.63, 3.8) is 0 Å². The van der Waals surface area contributed by atoms with Crippen LogP contribution in [0.3, 0.4) is 0 Å². The number of fused-ring (bicyclic) bond motifs is 1. The van der Waals surface area contributed by atoms with Gasteiger partial charge in [-0.15, -0.1) is 0 Å². The molecule has 6 nitrogen and oxygen atoms in total. The number of piperazine rings is 1. The van der Waals surface area contributed by atoms with Gasteiger partial charge in [-0.25, -0.2) is 9.37 Å². The van der Waals surface area contributed by atoms with Crippen molar-refractivity contribution in [3.05, 3.63) is 29.8 Å². The molecule has 2 aromatic rings. The normalized spacial score (nSPS) is 17.4. The van der Waals surface area contributed by atoms with Crippen LogP contribution in [0.5, 0.6) is 0 Å². The van der Waals surface area contributed by atoms with E-state index in [2.05, 4.69) is 9.88 Å². The number of halogens is 1. The minimum Gasteiger partial charge on any atom is -0.384 e. The third kappa shape index (κ3) is 3.14. The zero-order chi connectivity index (χ0) is 17.3. The number of aliphatic hydroxyl groups is 1. The Morgan fingerprint density at radius 3 is 2.67 bits per heavy atom. The van der Waals surface area contributed by atoms with Gasteiger partial charge in [0, 0.05) is 32.7 Å². The average molecular weight is 334 g/mol. The standard InChI is InChI=1S/C17H23FN4O2/c1-3-22-14-6-4-5-13(18)16(14)19-15(22)11-20-7-9-21(10-8-20)17(24)12(2)23/h4-6,12,23H,3,7-11H2,1-2H3. The summed E-state index contributed by atoms with van der Waals surface area (Å²) in [7, 11) is 0. The molecule has 0 radical (unpaired) electrons. The van der Waals surface area contributed by atoms with E-state index in [1.807, 2.05) is 17.6 Å². The molecule has 1 saturated heterocycles. The van der Waals surface area contributed by atoms with E-state index in [0.29, 0.717) is 38.2 Å². The van der Waals surface area contributed by atoms with Crippen LogP contribution in [0, 0.1) is 5.82 Å². The largest absolute Gasteiger partial charge is 0.384 e. The van der Waals surface area contributed by atoms with E-state index in [0.717, 1.165) is 17.9 Å². The molecule has 1 unspecified atom stereocenters. The molecule has 1 amide bonds. The molecule has 3 rings (SSSR count). The highest BCUT2D eigenvalue weighted by molar-refractivity contribution is 5.80. The number of imidazole rings is 1. The highest BCUT2D eigenvalue weighted by Gasteiger charge is 2.25. The molecule has 1 atom stereocenters. The van der Waals surface area contributed by atoms with E-state index in [1.165, 1.54) is 13.0 Å². The second-order valence-electron chi connectivity index (χ2n) is 6.16. The van der Waals surface area contributed by atoms with Crippen LogP contribution >= 0.6 is 0 Å². The Morgan fingerprint density at radius 1 is 1.33 bits per heavy atom. The monoisotopic (exact) mass is 334 g/mol. The maximum absolute atomic E-state index is 14.0. The molecule has 0 bridgehead atoms. The predicted molar refractivity (Wildman–Crippen MR) is 88.9 cm³/mol. The van der Waals surface area contributed by atoms with Gasteiger partial charge in [0.1, 0.15) is 17.4 Å². The summed E-state index contributed by atoms with van der Waals surface area (Å²) in [5, 5.41) is 9.40. The molecule has 1 aliphatic heterocycles. The summed E-state index contributed by atoms with van der Waals surface area (Å²) in [6, 6.07) is 5.02. The van der Waals surface area contributed by atoms with Crippen LogP contribution in [-0.4, -0.2) is 62.6 Å². The molecule has 2 heterocycles. The van der Waals surface area contributed by atoms with Gasteiger partial charge in [0.25, 0.3) is 5.91 Å². The number of hydrogen-bond acceptors (Lipinski definition) is 4. The topological polar surface area (TPSA) is 61.6 Å². The van der Waals surface area contributed by atoms with Crippen LogP contribution in [0.4, 0.5) is 4.39 Å². The average Bonchev–Trinajstić information content (AvgIpc) is 2.93. The Kier molecular flexibility index (Phi) is 4.82. The fourth-order valence-corrected chi connectivity index (χ4v) is 3.23. The Hall–Kier alpha value is -1.99. The highest BCUT2D eigenvalue weighted by atomic mass is 19.1. The smallest absolute Gasteiger partial charge is 0.251 e. The van der Waals surface area contributed by atoms with Gasteiger partial charge in [0.2, 0.25) is 0 Å². The number of aryl methyl sites for hydroxylation is 1. The summed E-state index contributed by atoms with van der Waals surface area (Å²) >= 11 is 0. The first-order valence-corrected chi connectivity index (χ1v) is 8.34. The van der Waals surface area contributed by atoms with Crippen LogP contribution in [-0.2, 0) is 17.9 Å². The summed E-state index contributed by atoms with van der Waals surface area (Å²) in [5.74, 6) is 0.318. The first kappa shape index (κ1) is 16.9. The van der Waals surface area contributed by atoms with Gasteiger partial charge in [-0.05, 0) is 26.0 Å². The Bertz CT molecular complexity index is 736. The van der Waals surface area contributed by atoms with Crippen molar-refractivity contribution in [1.29, 1.82) is 0 Å². The van der Waals surface area contributed by atoms with Crippen LogP contribution in [0.1, 0.15) is 19.7 Å². The molecule has 1 aliphatic rings. The third-order valence-electron chi connectivity index (χ3n) is 4.53. The zero-order valence-corrected chi connectivity index (χ0v) is 14.1. The number of aliphatic hydroxyl groups excluding tert-OH is 1. The molecule has 7 heteroatoms. The molecule has 1 aromatic heterocycles. The van der Waals surface area contributed by atoms with Crippen molar-refractivity contribution in [2.75, 3.05) is 26.2 Å². The number of rotatable bonds is 4. The fourth-order valence-electron chi connectivity index (χ4n) is 3.23. The van der Waals surface area contributed by atoms with E-state index in [-0.39, 0.29) is 11.7 Å².